The first-order valence-corrected chi connectivity index (χ1v) is 6.42. The zero-order valence-electron chi connectivity index (χ0n) is 11.0. The first-order chi connectivity index (χ1) is 7.65. The van der Waals surface area contributed by atoms with E-state index in [1.807, 2.05) is 0 Å². The van der Waals surface area contributed by atoms with Crippen LogP contribution in [0.5, 0.6) is 0 Å². The van der Waals surface area contributed by atoms with Gasteiger partial charge in [0.25, 0.3) is 0 Å². The Bertz CT molecular complexity index is 305. The predicted molar refractivity (Wildman–Crippen MR) is 71.9 cm³/mol. The largest absolute Gasteiger partial charge is 0.330 e. The van der Waals surface area contributed by atoms with Gasteiger partial charge >= 0.3 is 0 Å². The van der Waals surface area contributed by atoms with Gasteiger partial charge in [0.1, 0.15) is 0 Å². The molecular formula is C15H25N. The summed E-state index contributed by atoms with van der Waals surface area (Å²) >= 11 is 0. The average Bonchev–Trinajstić information content (AvgIpc) is 2.20. The zero-order valence-corrected chi connectivity index (χ0v) is 11.0. The van der Waals surface area contributed by atoms with Crippen LogP contribution in [0.3, 0.4) is 0 Å². The molecule has 0 saturated heterocycles. The van der Waals surface area contributed by atoms with Crippen LogP contribution in [0.25, 0.3) is 0 Å². The van der Waals surface area contributed by atoms with Crippen molar-refractivity contribution in [3.63, 3.8) is 0 Å². The molecule has 16 heavy (non-hydrogen) atoms. The minimum absolute atomic E-state index is 0.836. The highest BCUT2D eigenvalue weighted by atomic mass is 14.5. The number of nitrogens with two attached hydrogens (primary N) is 1. The van der Waals surface area contributed by atoms with Crippen LogP contribution >= 0.6 is 0 Å². The highest BCUT2D eigenvalue weighted by Gasteiger charge is 2.03. The molecule has 0 saturated carbocycles. The van der Waals surface area contributed by atoms with Crippen molar-refractivity contribution >= 4 is 0 Å². The summed E-state index contributed by atoms with van der Waals surface area (Å²) in [5, 5.41) is 0. The molecule has 0 amide bonds. The maximum atomic E-state index is 5.49. The van der Waals surface area contributed by atoms with E-state index in [-0.39, 0.29) is 0 Å². The molecule has 1 heteroatoms. The van der Waals surface area contributed by atoms with Crippen LogP contribution in [0.4, 0.5) is 0 Å². The molecule has 2 N–H and O–H groups in total. The SMILES string of the molecule is Cc1cc(C)c(CCCCCCN)c(C)c1. The molecule has 0 atom stereocenters. The Kier molecular flexibility index (Phi) is 5.54. The second kappa shape index (κ2) is 6.70. The van der Waals surface area contributed by atoms with Gasteiger partial charge in [-0.15, -0.1) is 0 Å². The van der Waals surface area contributed by atoms with E-state index in [1.165, 1.54) is 48.8 Å². The highest BCUT2D eigenvalue weighted by molar-refractivity contribution is 5.37. The third kappa shape index (κ3) is 3.97. The predicted octanol–water partition coefficient (Wildman–Crippen LogP) is 3.67. The van der Waals surface area contributed by atoms with Crippen LogP contribution in [-0.4, -0.2) is 6.54 Å². The summed E-state index contributed by atoms with van der Waals surface area (Å²) in [5.74, 6) is 0. The Labute approximate surface area is 100 Å². The molecule has 0 unspecified atom stereocenters. The lowest BCUT2D eigenvalue weighted by Gasteiger charge is -2.11. The molecule has 0 heterocycles. The minimum atomic E-state index is 0.836. The summed E-state index contributed by atoms with van der Waals surface area (Å²) < 4.78 is 0. The van der Waals surface area contributed by atoms with Crippen LogP contribution in [0.1, 0.15) is 47.9 Å². The van der Waals surface area contributed by atoms with Gasteiger partial charge in [0.05, 0.1) is 0 Å². The Hall–Kier alpha value is -0.820. The number of benzene rings is 1. The fourth-order valence-corrected chi connectivity index (χ4v) is 2.40. The molecule has 1 aromatic rings. The van der Waals surface area contributed by atoms with E-state index in [2.05, 4.69) is 32.9 Å². The molecule has 1 aromatic carbocycles. The second-order valence-corrected chi connectivity index (χ2v) is 4.83. The summed E-state index contributed by atoms with van der Waals surface area (Å²) in [4.78, 5) is 0. The number of hydrogen-bond acceptors (Lipinski definition) is 1. The summed E-state index contributed by atoms with van der Waals surface area (Å²) in [6.07, 6.45) is 6.28. The summed E-state index contributed by atoms with van der Waals surface area (Å²) in [6.45, 7) is 7.47. The maximum Gasteiger partial charge on any atom is -0.00773 e. The van der Waals surface area contributed by atoms with E-state index >= 15 is 0 Å². The van der Waals surface area contributed by atoms with Crippen molar-refractivity contribution in [3.8, 4) is 0 Å². The Morgan fingerprint density at radius 3 is 2.00 bits per heavy atom. The molecule has 0 fully saturated rings. The van der Waals surface area contributed by atoms with E-state index in [0.29, 0.717) is 0 Å². The minimum Gasteiger partial charge on any atom is -0.330 e. The monoisotopic (exact) mass is 219 g/mol. The third-order valence-corrected chi connectivity index (χ3v) is 3.22. The van der Waals surface area contributed by atoms with Gasteiger partial charge in [-0.2, -0.15) is 0 Å². The van der Waals surface area contributed by atoms with Gasteiger partial charge < -0.3 is 5.73 Å². The van der Waals surface area contributed by atoms with E-state index in [4.69, 9.17) is 5.73 Å². The quantitative estimate of drug-likeness (QED) is 0.726. The van der Waals surface area contributed by atoms with Gasteiger partial charge in [-0.05, 0) is 63.3 Å². The summed E-state index contributed by atoms with van der Waals surface area (Å²) in [5.41, 5.74) is 11.3. The number of aryl methyl sites for hydroxylation is 3. The lowest BCUT2D eigenvalue weighted by atomic mass is 9.95. The van der Waals surface area contributed by atoms with Crippen LogP contribution in [0.2, 0.25) is 0 Å². The van der Waals surface area contributed by atoms with Crippen molar-refractivity contribution < 1.29 is 0 Å². The van der Waals surface area contributed by atoms with Crippen LogP contribution in [-0.2, 0) is 6.42 Å². The first kappa shape index (κ1) is 13.2. The number of unbranched alkanes of at least 4 members (excludes halogenated alkanes) is 3. The van der Waals surface area contributed by atoms with Crippen LogP contribution < -0.4 is 5.73 Å². The Balaban J connectivity index is 2.47. The van der Waals surface area contributed by atoms with Crippen LogP contribution in [0.15, 0.2) is 12.1 Å². The van der Waals surface area contributed by atoms with E-state index < -0.39 is 0 Å². The van der Waals surface area contributed by atoms with Gasteiger partial charge in [0.2, 0.25) is 0 Å². The first-order valence-electron chi connectivity index (χ1n) is 6.42. The Morgan fingerprint density at radius 2 is 1.44 bits per heavy atom. The lowest BCUT2D eigenvalue weighted by Crippen LogP contribution is -1.99. The second-order valence-electron chi connectivity index (χ2n) is 4.83. The Morgan fingerprint density at radius 1 is 0.875 bits per heavy atom. The molecule has 0 radical (unpaired) electrons. The fraction of sp³-hybridized carbons (Fsp3) is 0.600. The molecule has 1 rings (SSSR count). The van der Waals surface area contributed by atoms with E-state index in [0.717, 1.165) is 6.54 Å². The topological polar surface area (TPSA) is 26.0 Å². The molecule has 0 aromatic heterocycles. The van der Waals surface area contributed by atoms with Gasteiger partial charge in [-0.3, -0.25) is 0 Å². The van der Waals surface area contributed by atoms with Gasteiger partial charge in [-0.1, -0.05) is 30.5 Å². The smallest absolute Gasteiger partial charge is 0.00773 e. The molecular weight excluding hydrogens is 194 g/mol. The number of hydrogen-bond donors (Lipinski definition) is 1. The molecule has 0 aliphatic rings. The van der Waals surface area contributed by atoms with Crippen molar-refractivity contribution in [1.82, 2.24) is 0 Å². The highest BCUT2D eigenvalue weighted by Crippen LogP contribution is 2.19. The molecule has 90 valence electrons. The van der Waals surface area contributed by atoms with Crippen molar-refractivity contribution in [2.75, 3.05) is 6.54 Å². The van der Waals surface area contributed by atoms with Crippen LogP contribution in [0, 0.1) is 20.8 Å². The van der Waals surface area contributed by atoms with Gasteiger partial charge in [0.15, 0.2) is 0 Å². The van der Waals surface area contributed by atoms with Crippen molar-refractivity contribution in [3.05, 3.63) is 34.4 Å². The average molecular weight is 219 g/mol. The van der Waals surface area contributed by atoms with Crippen molar-refractivity contribution in [1.29, 1.82) is 0 Å². The number of rotatable bonds is 6. The fourth-order valence-electron chi connectivity index (χ4n) is 2.40. The summed E-state index contributed by atoms with van der Waals surface area (Å²) in [7, 11) is 0. The molecule has 0 bridgehead atoms. The molecule has 0 aliphatic carbocycles. The normalized spacial score (nSPS) is 10.8. The van der Waals surface area contributed by atoms with E-state index in [9.17, 15) is 0 Å². The zero-order chi connectivity index (χ0) is 12.0. The summed E-state index contributed by atoms with van der Waals surface area (Å²) in [6, 6.07) is 4.59. The van der Waals surface area contributed by atoms with Crippen molar-refractivity contribution in [2.45, 2.75) is 52.9 Å². The molecule has 1 nitrogen and oxygen atoms in total. The van der Waals surface area contributed by atoms with Crippen molar-refractivity contribution in [2.24, 2.45) is 5.73 Å². The molecule has 0 spiro atoms. The third-order valence-electron chi connectivity index (χ3n) is 3.22. The van der Waals surface area contributed by atoms with Gasteiger partial charge in [-0.25, -0.2) is 0 Å². The standard InChI is InChI=1S/C15H25N/c1-12-10-13(2)15(14(3)11-12)8-6-4-5-7-9-16/h10-11H,4-9,16H2,1-3H3. The molecule has 0 aliphatic heterocycles. The lowest BCUT2D eigenvalue weighted by molar-refractivity contribution is 0.645. The van der Waals surface area contributed by atoms with E-state index in [1.54, 1.807) is 5.56 Å². The maximum absolute atomic E-state index is 5.49. The van der Waals surface area contributed by atoms with Gasteiger partial charge in [0, 0.05) is 0 Å².